The molecule has 2 rings (SSSR count). The van der Waals surface area contributed by atoms with Crippen molar-refractivity contribution < 1.29 is 37.4 Å². The first-order valence-corrected chi connectivity index (χ1v) is 12.2. The van der Waals surface area contributed by atoms with Crippen LogP contribution in [-0.2, 0) is 29.3 Å². The molecule has 1 saturated carbocycles. The minimum absolute atomic E-state index is 0.0901. The van der Waals surface area contributed by atoms with E-state index in [4.69, 9.17) is 4.74 Å². The number of carbonyl (C=O) groups excluding carboxylic acids is 4. The van der Waals surface area contributed by atoms with E-state index in [-0.39, 0.29) is 19.4 Å². The van der Waals surface area contributed by atoms with E-state index in [0.717, 1.165) is 9.21 Å². The Balaban J connectivity index is 2.15. The smallest absolute Gasteiger partial charge is 0.408 e. The molecule has 1 aliphatic heterocycles. The number of amides is 4. The van der Waals surface area contributed by atoms with Crippen LogP contribution in [0.25, 0.3) is 0 Å². The Morgan fingerprint density at radius 3 is 2.35 bits per heavy atom. The molecule has 1 heterocycles. The van der Waals surface area contributed by atoms with Crippen molar-refractivity contribution in [3.8, 4) is 0 Å². The monoisotopic (exact) mass is 503 g/mol. The second kappa shape index (κ2) is 10.3. The molecule has 34 heavy (non-hydrogen) atoms. The van der Waals surface area contributed by atoms with Gasteiger partial charge in [0.15, 0.2) is 0 Å². The maximum atomic E-state index is 13.1. The Labute approximate surface area is 199 Å². The van der Waals surface area contributed by atoms with Crippen LogP contribution >= 0.6 is 0 Å². The summed E-state index contributed by atoms with van der Waals surface area (Å²) >= 11 is 0. The molecule has 5 unspecified atom stereocenters. The molecule has 192 valence electrons. The first kappa shape index (κ1) is 27.5. The van der Waals surface area contributed by atoms with E-state index in [9.17, 15) is 32.7 Å². The highest BCUT2D eigenvalue weighted by Crippen LogP contribution is 2.45. The van der Waals surface area contributed by atoms with Crippen LogP contribution in [0.3, 0.4) is 0 Å². The number of hydrogen-bond acceptors (Lipinski definition) is 8. The van der Waals surface area contributed by atoms with Crippen molar-refractivity contribution in [2.24, 2.45) is 5.92 Å². The molecule has 0 bridgehead atoms. The average Bonchev–Trinajstić information content (AvgIpc) is 3.29. The SMILES string of the molecule is C=CC1CC1(NC(=O)C1CC(O)CN1C(=O)C(C)NC(=O)OC(C)C)C(=O)NS(=O)(=O)N(C)C. The lowest BCUT2D eigenvalue weighted by molar-refractivity contribution is -0.140. The Hall–Kier alpha value is -2.71. The summed E-state index contributed by atoms with van der Waals surface area (Å²) in [7, 11) is -1.61. The first-order chi connectivity index (χ1) is 15.6. The van der Waals surface area contributed by atoms with Crippen molar-refractivity contribution in [3.05, 3.63) is 12.7 Å². The van der Waals surface area contributed by atoms with E-state index in [1.54, 1.807) is 13.8 Å². The number of aliphatic hydroxyl groups excluding tert-OH is 1. The van der Waals surface area contributed by atoms with Gasteiger partial charge in [-0.1, -0.05) is 6.08 Å². The molecule has 5 atom stereocenters. The predicted molar refractivity (Wildman–Crippen MR) is 120 cm³/mol. The van der Waals surface area contributed by atoms with Crippen molar-refractivity contribution >= 4 is 34.0 Å². The minimum atomic E-state index is -4.10. The summed E-state index contributed by atoms with van der Waals surface area (Å²) in [5, 5.41) is 15.1. The predicted octanol–water partition coefficient (Wildman–Crippen LogP) is -1.55. The van der Waals surface area contributed by atoms with Crippen LogP contribution in [0.1, 0.15) is 33.6 Å². The Morgan fingerprint density at radius 1 is 1.24 bits per heavy atom. The molecule has 0 aromatic carbocycles. The molecule has 1 aliphatic carbocycles. The second-order valence-electron chi connectivity index (χ2n) is 8.94. The van der Waals surface area contributed by atoms with Crippen LogP contribution in [0.4, 0.5) is 4.79 Å². The molecule has 0 spiro atoms. The van der Waals surface area contributed by atoms with E-state index < -0.39 is 69.8 Å². The Bertz CT molecular complexity index is 953. The number of rotatable bonds is 9. The molecule has 0 radical (unpaired) electrons. The fourth-order valence-corrected chi connectivity index (χ4v) is 4.28. The number of carbonyl (C=O) groups is 4. The van der Waals surface area contributed by atoms with Crippen LogP contribution in [-0.4, -0.2) is 97.0 Å². The zero-order valence-electron chi connectivity index (χ0n) is 19.9. The van der Waals surface area contributed by atoms with Crippen molar-refractivity contribution in [2.45, 2.75) is 63.4 Å². The molecule has 1 saturated heterocycles. The van der Waals surface area contributed by atoms with Gasteiger partial charge in [-0.3, -0.25) is 14.4 Å². The second-order valence-corrected chi connectivity index (χ2v) is 10.8. The van der Waals surface area contributed by atoms with E-state index in [0.29, 0.717) is 0 Å². The number of nitrogens with zero attached hydrogens (tertiary/aromatic N) is 2. The first-order valence-electron chi connectivity index (χ1n) is 10.8. The zero-order chi connectivity index (χ0) is 26.0. The normalized spacial score (nSPS) is 27.2. The van der Waals surface area contributed by atoms with Crippen molar-refractivity contribution in [2.75, 3.05) is 20.6 Å². The van der Waals surface area contributed by atoms with E-state index in [2.05, 4.69) is 17.2 Å². The maximum Gasteiger partial charge on any atom is 0.408 e. The van der Waals surface area contributed by atoms with E-state index in [1.165, 1.54) is 27.1 Å². The summed E-state index contributed by atoms with van der Waals surface area (Å²) in [5.74, 6) is -2.80. The number of nitrogens with one attached hydrogen (secondary N) is 3. The summed E-state index contributed by atoms with van der Waals surface area (Å²) in [4.78, 5) is 51.8. The van der Waals surface area contributed by atoms with Crippen LogP contribution in [0.5, 0.6) is 0 Å². The highest BCUT2D eigenvalue weighted by molar-refractivity contribution is 7.87. The van der Waals surface area contributed by atoms with Gasteiger partial charge < -0.3 is 25.4 Å². The van der Waals surface area contributed by atoms with Crippen molar-refractivity contribution in [1.29, 1.82) is 0 Å². The highest BCUT2D eigenvalue weighted by Gasteiger charge is 2.61. The van der Waals surface area contributed by atoms with Gasteiger partial charge in [-0.15, -0.1) is 6.58 Å². The summed E-state index contributed by atoms with van der Waals surface area (Å²) in [6.07, 6.45) is -0.735. The quantitative estimate of drug-likeness (QED) is 0.274. The van der Waals surface area contributed by atoms with Gasteiger partial charge in [-0.25, -0.2) is 9.52 Å². The standard InChI is InChI=1S/C20H33N5O8S/c1-7-13-9-20(13,18(29)23-34(31,32)24(5)6)22-16(27)15-8-14(26)10-25(15)17(28)12(4)21-19(30)33-11(2)3/h7,11-15,26H,1,8-10H2,2-6H3,(H,21,30)(H,22,27)(H,23,29). The maximum absolute atomic E-state index is 13.1. The largest absolute Gasteiger partial charge is 0.447 e. The van der Waals surface area contributed by atoms with Crippen LogP contribution in [0.2, 0.25) is 0 Å². The van der Waals surface area contributed by atoms with Gasteiger partial charge in [0.25, 0.3) is 5.91 Å². The van der Waals surface area contributed by atoms with Gasteiger partial charge in [0.1, 0.15) is 17.6 Å². The third-order valence-electron chi connectivity index (χ3n) is 5.67. The summed E-state index contributed by atoms with van der Waals surface area (Å²) in [5.41, 5.74) is -1.55. The van der Waals surface area contributed by atoms with Gasteiger partial charge in [0.05, 0.1) is 12.2 Å². The van der Waals surface area contributed by atoms with E-state index >= 15 is 0 Å². The molecule has 13 nitrogen and oxygen atoms in total. The highest BCUT2D eigenvalue weighted by atomic mass is 32.2. The number of likely N-dealkylation sites (tertiary alicyclic amines) is 1. The lowest BCUT2D eigenvalue weighted by Gasteiger charge is -2.28. The lowest BCUT2D eigenvalue weighted by atomic mass is 10.1. The molecule has 4 N–H and O–H groups in total. The van der Waals surface area contributed by atoms with Gasteiger partial charge in [-0.05, 0) is 27.2 Å². The zero-order valence-corrected chi connectivity index (χ0v) is 20.7. The number of ether oxygens (including phenoxy) is 1. The fourth-order valence-electron chi connectivity index (χ4n) is 3.68. The van der Waals surface area contributed by atoms with Crippen molar-refractivity contribution in [1.82, 2.24) is 24.6 Å². The molecule has 2 fully saturated rings. The Kier molecular flexibility index (Phi) is 8.32. The number of alkyl carbamates (subject to hydrolysis) is 1. The molecule has 14 heteroatoms. The topological polar surface area (TPSA) is 174 Å². The Morgan fingerprint density at radius 2 is 1.85 bits per heavy atom. The minimum Gasteiger partial charge on any atom is -0.447 e. The number of β-amino-alcohol motifs (C(OH)–C–C–N with tert-alkyl or cyclic N) is 1. The summed E-state index contributed by atoms with van der Waals surface area (Å²) in [6.45, 7) is 8.17. The van der Waals surface area contributed by atoms with E-state index in [1.807, 2.05) is 4.72 Å². The molecule has 4 amide bonds. The summed E-state index contributed by atoms with van der Waals surface area (Å²) < 4.78 is 31.9. The lowest BCUT2D eigenvalue weighted by Crippen LogP contribution is -2.58. The molecule has 2 aliphatic rings. The third-order valence-corrected chi connectivity index (χ3v) is 7.07. The fraction of sp³-hybridized carbons (Fsp3) is 0.700. The van der Waals surface area contributed by atoms with Crippen LogP contribution in [0.15, 0.2) is 12.7 Å². The molecular weight excluding hydrogens is 470 g/mol. The van der Waals surface area contributed by atoms with Gasteiger partial charge >= 0.3 is 16.3 Å². The average molecular weight is 504 g/mol. The van der Waals surface area contributed by atoms with Gasteiger partial charge in [-0.2, -0.15) is 12.7 Å². The van der Waals surface area contributed by atoms with Gasteiger partial charge in [0, 0.05) is 33.0 Å². The van der Waals surface area contributed by atoms with Crippen LogP contribution in [0, 0.1) is 5.92 Å². The third kappa shape index (κ3) is 6.04. The molecule has 0 aromatic rings. The van der Waals surface area contributed by atoms with Crippen LogP contribution < -0.4 is 15.4 Å². The molecule has 0 aromatic heterocycles. The summed E-state index contributed by atoms with van der Waals surface area (Å²) in [6, 6.07) is -2.18. The number of hydrogen-bond donors (Lipinski definition) is 4. The van der Waals surface area contributed by atoms with Gasteiger partial charge in [0.2, 0.25) is 11.8 Å². The molecular formula is C20H33N5O8S. The van der Waals surface area contributed by atoms with Crippen molar-refractivity contribution in [3.63, 3.8) is 0 Å². The number of aliphatic hydroxyl groups is 1.